The van der Waals surface area contributed by atoms with E-state index in [2.05, 4.69) is 9.46 Å². The smallest absolute Gasteiger partial charge is 0.346 e. The van der Waals surface area contributed by atoms with Gasteiger partial charge >= 0.3 is 11.9 Å². The Morgan fingerprint density at radius 3 is 2.32 bits per heavy atom. The van der Waals surface area contributed by atoms with Crippen molar-refractivity contribution in [3.05, 3.63) is 54.1 Å². The molecular weight excluding hydrogens is 386 g/mol. The lowest BCUT2D eigenvalue weighted by Crippen LogP contribution is -2.26. The van der Waals surface area contributed by atoms with Gasteiger partial charge in [-0.25, -0.2) is 18.0 Å². The Morgan fingerprint density at radius 1 is 1.07 bits per heavy atom. The zero-order valence-corrected chi connectivity index (χ0v) is 16.5. The maximum Gasteiger partial charge on any atom is 0.346 e. The molecule has 28 heavy (non-hydrogen) atoms. The summed E-state index contributed by atoms with van der Waals surface area (Å²) in [7, 11) is -2.78. The van der Waals surface area contributed by atoms with E-state index in [-0.39, 0.29) is 16.1 Å². The third-order valence-electron chi connectivity index (χ3n) is 3.65. The number of anilines is 1. The number of hydrogen-bond donors (Lipinski definition) is 1. The van der Waals surface area contributed by atoms with E-state index in [1.54, 1.807) is 12.1 Å². The van der Waals surface area contributed by atoms with Crippen molar-refractivity contribution in [3.8, 4) is 5.75 Å². The van der Waals surface area contributed by atoms with Gasteiger partial charge in [-0.1, -0.05) is 12.1 Å². The summed E-state index contributed by atoms with van der Waals surface area (Å²) in [6.45, 7) is 3.64. The zero-order chi connectivity index (χ0) is 20.7. The molecule has 0 saturated carbocycles. The van der Waals surface area contributed by atoms with E-state index < -0.39 is 28.1 Å². The number of benzene rings is 2. The van der Waals surface area contributed by atoms with Gasteiger partial charge in [0.2, 0.25) is 0 Å². The van der Waals surface area contributed by atoms with E-state index in [1.165, 1.54) is 50.4 Å². The summed E-state index contributed by atoms with van der Waals surface area (Å²) in [5, 5.41) is 0. The summed E-state index contributed by atoms with van der Waals surface area (Å²) in [6.07, 6.45) is -1.13. The van der Waals surface area contributed by atoms with E-state index in [4.69, 9.17) is 9.47 Å². The SMILES string of the molecule is CCOc1ccc(S(=O)(=O)Nc2ccccc2C(=O)O[C@@H](C)C(=O)OC)cc1. The number of esters is 2. The molecule has 0 bridgehead atoms. The fourth-order valence-electron chi connectivity index (χ4n) is 2.27. The molecule has 0 fully saturated rings. The first-order valence-corrected chi connectivity index (χ1v) is 9.90. The number of rotatable bonds is 8. The number of carbonyl (C=O) groups is 2. The number of para-hydroxylation sites is 1. The van der Waals surface area contributed by atoms with E-state index in [9.17, 15) is 18.0 Å². The molecule has 0 radical (unpaired) electrons. The minimum absolute atomic E-state index is 0.00190. The Morgan fingerprint density at radius 2 is 1.71 bits per heavy atom. The molecule has 0 aromatic heterocycles. The van der Waals surface area contributed by atoms with Gasteiger partial charge in [0, 0.05) is 0 Å². The Bertz CT molecular complexity index is 939. The Kier molecular flexibility index (Phi) is 7.00. The molecule has 8 nitrogen and oxygen atoms in total. The van der Waals surface area contributed by atoms with Crippen LogP contribution in [0.15, 0.2) is 53.4 Å². The van der Waals surface area contributed by atoms with Gasteiger partial charge in [0.1, 0.15) is 5.75 Å². The van der Waals surface area contributed by atoms with Crippen molar-refractivity contribution in [2.24, 2.45) is 0 Å². The van der Waals surface area contributed by atoms with Crippen molar-refractivity contribution < 1.29 is 32.2 Å². The number of ether oxygens (including phenoxy) is 3. The van der Waals surface area contributed by atoms with Gasteiger partial charge in [-0.3, -0.25) is 4.72 Å². The predicted octanol–water partition coefficient (Wildman–Crippen LogP) is 2.60. The predicted molar refractivity (Wildman–Crippen MR) is 102 cm³/mol. The molecule has 0 aliphatic carbocycles. The van der Waals surface area contributed by atoms with Crippen LogP contribution in [0.5, 0.6) is 5.75 Å². The zero-order valence-electron chi connectivity index (χ0n) is 15.7. The molecule has 2 aromatic carbocycles. The molecule has 0 spiro atoms. The van der Waals surface area contributed by atoms with Crippen LogP contribution in [0.1, 0.15) is 24.2 Å². The number of methoxy groups -OCH3 is 1. The average Bonchev–Trinajstić information content (AvgIpc) is 2.68. The second-order valence-corrected chi connectivity index (χ2v) is 7.31. The van der Waals surface area contributed by atoms with E-state index in [1.807, 2.05) is 6.92 Å². The maximum atomic E-state index is 12.6. The fraction of sp³-hybridized carbons (Fsp3) is 0.263. The Hall–Kier alpha value is -3.07. The first-order valence-electron chi connectivity index (χ1n) is 8.42. The van der Waals surface area contributed by atoms with Crippen molar-refractivity contribution in [2.45, 2.75) is 24.8 Å². The molecule has 0 saturated heterocycles. The largest absolute Gasteiger partial charge is 0.494 e. The molecule has 2 rings (SSSR count). The first-order chi connectivity index (χ1) is 13.3. The quantitative estimate of drug-likeness (QED) is 0.670. The summed E-state index contributed by atoms with van der Waals surface area (Å²) >= 11 is 0. The van der Waals surface area contributed by atoms with Crippen LogP contribution < -0.4 is 9.46 Å². The molecule has 9 heteroatoms. The van der Waals surface area contributed by atoms with Gasteiger partial charge < -0.3 is 14.2 Å². The third kappa shape index (κ3) is 5.23. The summed E-state index contributed by atoms with van der Waals surface area (Å²) in [5.74, 6) is -1.04. The van der Waals surface area contributed by atoms with Crippen LogP contribution in [-0.4, -0.2) is 40.2 Å². The molecule has 0 aliphatic heterocycles. The standard InChI is InChI=1S/C19H21NO7S/c1-4-26-14-9-11-15(12-10-14)28(23,24)20-17-8-6-5-7-16(17)19(22)27-13(2)18(21)25-3/h5-13,20H,4H2,1-3H3/t13-/m0/s1. The lowest BCUT2D eigenvalue weighted by Gasteiger charge is -2.14. The number of nitrogens with one attached hydrogen (secondary N) is 1. The van der Waals surface area contributed by atoms with Crippen LogP contribution in [0.25, 0.3) is 0 Å². The van der Waals surface area contributed by atoms with Crippen molar-refractivity contribution in [1.29, 1.82) is 0 Å². The van der Waals surface area contributed by atoms with Crippen LogP contribution in [0, 0.1) is 0 Å². The molecule has 0 aliphatic rings. The van der Waals surface area contributed by atoms with Gasteiger partial charge in [0.15, 0.2) is 6.10 Å². The minimum atomic E-state index is -3.96. The molecule has 2 aromatic rings. The second kappa shape index (κ2) is 9.23. The van der Waals surface area contributed by atoms with Crippen LogP contribution in [0.4, 0.5) is 5.69 Å². The fourth-order valence-corrected chi connectivity index (χ4v) is 3.35. The van der Waals surface area contributed by atoms with Crippen LogP contribution in [0.3, 0.4) is 0 Å². The van der Waals surface area contributed by atoms with Gasteiger partial charge in [0.05, 0.1) is 29.9 Å². The van der Waals surface area contributed by atoms with Crippen LogP contribution in [-0.2, 0) is 24.3 Å². The lowest BCUT2D eigenvalue weighted by molar-refractivity contribution is -0.149. The average molecular weight is 407 g/mol. The summed E-state index contributed by atoms with van der Waals surface area (Å²) in [4.78, 5) is 23.8. The van der Waals surface area contributed by atoms with Gasteiger partial charge in [-0.05, 0) is 50.2 Å². The van der Waals surface area contributed by atoms with Crippen molar-refractivity contribution >= 4 is 27.6 Å². The molecule has 1 atom stereocenters. The third-order valence-corrected chi connectivity index (χ3v) is 5.03. The van der Waals surface area contributed by atoms with Crippen molar-refractivity contribution in [3.63, 3.8) is 0 Å². The van der Waals surface area contributed by atoms with E-state index in [0.29, 0.717) is 12.4 Å². The topological polar surface area (TPSA) is 108 Å². The van der Waals surface area contributed by atoms with Crippen molar-refractivity contribution in [1.82, 2.24) is 0 Å². The number of hydrogen-bond acceptors (Lipinski definition) is 7. The minimum Gasteiger partial charge on any atom is -0.494 e. The van der Waals surface area contributed by atoms with Gasteiger partial charge in [0.25, 0.3) is 10.0 Å². The maximum absolute atomic E-state index is 12.6. The van der Waals surface area contributed by atoms with Gasteiger partial charge in [-0.2, -0.15) is 0 Å². The van der Waals surface area contributed by atoms with Crippen LogP contribution >= 0.6 is 0 Å². The lowest BCUT2D eigenvalue weighted by atomic mass is 10.2. The monoisotopic (exact) mass is 407 g/mol. The second-order valence-electron chi connectivity index (χ2n) is 5.63. The highest BCUT2D eigenvalue weighted by atomic mass is 32.2. The molecular formula is C19H21NO7S. The molecule has 1 N–H and O–H groups in total. The summed E-state index contributed by atoms with van der Waals surface area (Å²) in [5.41, 5.74) is -0.00813. The first kappa shape index (κ1) is 21.2. The molecule has 0 unspecified atom stereocenters. The number of sulfonamides is 1. The molecule has 150 valence electrons. The van der Waals surface area contributed by atoms with E-state index >= 15 is 0 Å². The van der Waals surface area contributed by atoms with Crippen molar-refractivity contribution in [2.75, 3.05) is 18.4 Å². The normalized spacial score (nSPS) is 12.0. The van der Waals surface area contributed by atoms with E-state index in [0.717, 1.165) is 0 Å². The highest BCUT2D eigenvalue weighted by Gasteiger charge is 2.23. The Labute approximate surface area is 163 Å². The highest BCUT2D eigenvalue weighted by molar-refractivity contribution is 7.92. The van der Waals surface area contributed by atoms with Gasteiger partial charge in [-0.15, -0.1) is 0 Å². The molecule has 0 amide bonds. The highest BCUT2D eigenvalue weighted by Crippen LogP contribution is 2.23. The number of carbonyl (C=O) groups excluding carboxylic acids is 2. The summed E-state index contributed by atoms with van der Waals surface area (Å²) < 4.78 is 42.5. The Balaban J connectivity index is 2.24. The van der Waals surface area contributed by atoms with Crippen LogP contribution in [0.2, 0.25) is 0 Å². The summed E-state index contributed by atoms with van der Waals surface area (Å²) in [6, 6.07) is 11.8. The molecule has 0 heterocycles.